The smallest absolute Gasteiger partial charge is 0.309 e. The third-order valence-electron chi connectivity index (χ3n) is 2.83. The van der Waals surface area contributed by atoms with E-state index in [0.29, 0.717) is 0 Å². The van der Waals surface area contributed by atoms with Gasteiger partial charge in [0.15, 0.2) is 0 Å². The maximum Gasteiger partial charge on any atom is 0.309 e. The molecular formula is C9H19N3O. The van der Waals surface area contributed by atoms with Crippen molar-refractivity contribution in [3.05, 3.63) is 0 Å². The van der Waals surface area contributed by atoms with E-state index < -0.39 is 6.03 Å². The minimum atomic E-state index is -0.833. The van der Waals surface area contributed by atoms with Crippen LogP contribution in [0.25, 0.3) is 0 Å². The van der Waals surface area contributed by atoms with E-state index >= 15 is 0 Å². The number of carbonyl (C=O) groups is 1. The molecule has 0 radical (unpaired) electrons. The predicted octanol–water partition coefficient (Wildman–Crippen LogP) is 0.562. The predicted molar refractivity (Wildman–Crippen MR) is 52.1 cm³/mol. The lowest BCUT2D eigenvalue weighted by Gasteiger charge is -2.24. The number of nitrogens with one attached hydrogen (secondary N) is 1. The topological polar surface area (TPSA) is 81.1 Å². The summed E-state index contributed by atoms with van der Waals surface area (Å²) in [7, 11) is 0. The first-order chi connectivity index (χ1) is 6.20. The molecule has 2 unspecified atom stereocenters. The summed E-state index contributed by atoms with van der Waals surface area (Å²) in [5.41, 5.74) is 8.50. The fraction of sp³-hybridized carbons (Fsp3) is 0.889. The molecule has 4 nitrogen and oxygen atoms in total. The molecule has 2 fully saturated rings. The zero-order valence-electron chi connectivity index (χ0n) is 7.96. The molecule has 2 atom stereocenters. The van der Waals surface area contributed by atoms with Crippen LogP contribution in [-0.4, -0.2) is 18.6 Å². The minimum absolute atomic E-state index is 0.833. The van der Waals surface area contributed by atoms with Crippen molar-refractivity contribution < 1.29 is 4.79 Å². The number of amides is 2. The van der Waals surface area contributed by atoms with Crippen LogP contribution in [-0.2, 0) is 0 Å². The van der Waals surface area contributed by atoms with Crippen molar-refractivity contribution in [2.75, 3.05) is 6.54 Å². The molecule has 13 heavy (non-hydrogen) atoms. The SMILES string of the molecule is C1CCC2NCCC2C1.NC(N)=O. The molecule has 0 spiro atoms. The van der Waals surface area contributed by atoms with Gasteiger partial charge in [-0.25, -0.2) is 4.79 Å². The Morgan fingerprint density at radius 3 is 2.38 bits per heavy atom. The number of rotatable bonds is 0. The second-order valence-corrected chi connectivity index (χ2v) is 3.80. The number of carbonyl (C=O) groups excluding carboxylic acids is 1. The Kier molecular flexibility index (Phi) is 4.02. The molecule has 1 saturated carbocycles. The third kappa shape index (κ3) is 3.63. The highest BCUT2D eigenvalue weighted by Crippen LogP contribution is 2.29. The molecule has 1 saturated heterocycles. The van der Waals surface area contributed by atoms with Gasteiger partial charge in [0.1, 0.15) is 0 Å². The molecule has 1 heterocycles. The standard InChI is InChI=1S/C8H15N.CH4N2O/c1-2-4-8-7(3-1)5-6-9-8;2-1(3)4/h7-9H,1-6H2;(H4,2,3,4). The first kappa shape index (κ1) is 10.3. The quantitative estimate of drug-likeness (QED) is 0.515. The number of hydrogen-bond donors (Lipinski definition) is 3. The second kappa shape index (κ2) is 5.07. The van der Waals surface area contributed by atoms with E-state index in [2.05, 4.69) is 16.8 Å². The Balaban J connectivity index is 0.000000184. The van der Waals surface area contributed by atoms with Crippen molar-refractivity contribution in [1.29, 1.82) is 0 Å². The molecule has 1 aliphatic carbocycles. The second-order valence-electron chi connectivity index (χ2n) is 3.80. The Labute approximate surface area is 79.0 Å². The van der Waals surface area contributed by atoms with Crippen LogP contribution in [0.1, 0.15) is 32.1 Å². The number of primary amides is 2. The molecule has 4 heteroatoms. The van der Waals surface area contributed by atoms with Crippen LogP contribution in [0.4, 0.5) is 4.79 Å². The van der Waals surface area contributed by atoms with E-state index in [4.69, 9.17) is 4.79 Å². The molecule has 0 aromatic heterocycles. The summed E-state index contributed by atoms with van der Waals surface area (Å²) < 4.78 is 0. The van der Waals surface area contributed by atoms with E-state index in [9.17, 15) is 0 Å². The molecule has 2 amide bonds. The van der Waals surface area contributed by atoms with Crippen LogP contribution in [0.15, 0.2) is 0 Å². The lowest BCUT2D eigenvalue weighted by Crippen LogP contribution is -2.29. The fourth-order valence-corrected chi connectivity index (χ4v) is 2.28. The lowest BCUT2D eigenvalue weighted by molar-refractivity contribution is 0.256. The fourth-order valence-electron chi connectivity index (χ4n) is 2.28. The van der Waals surface area contributed by atoms with Gasteiger partial charge in [0.2, 0.25) is 0 Å². The van der Waals surface area contributed by atoms with Gasteiger partial charge in [-0.3, -0.25) is 0 Å². The van der Waals surface area contributed by atoms with Crippen LogP contribution in [0, 0.1) is 5.92 Å². The molecule has 1 aliphatic heterocycles. The summed E-state index contributed by atoms with van der Waals surface area (Å²) in [5, 5.41) is 3.56. The van der Waals surface area contributed by atoms with Gasteiger partial charge in [0, 0.05) is 6.04 Å². The normalized spacial score (nSPS) is 31.4. The zero-order chi connectivity index (χ0) is 9.68. The van der Waals surface area contributed by atoms with Crippen LogP contribution in [0.3, 0.4) is 0 Å². The number of hydrogen-bond acceptors (Lipinski definition) is 2. The van der Waals surface area contributed by atoms with Crippen molar-refractivity contribution in [3.8, 4) is 0 Å². The van der Waals surface area contributed by atoms with Gasteiger partial charge in [0.25, 0.3) is 0 Å². The summed E-state index contributed by atoms with van der Waals surface area (Å²) in [6.07, 6.45) is 7.35. The van der Waals surface area contributed by atoms with Gasteiger partial charge in [-0.1, -0.05) is 12.8 Å². The van der Waals surface area contributed by atoms with Gasteiger partial charge in [0.05, 0.1) is 0 Å². The Morgan fingerprint density at radius 1 is 1.15 bits per heavy atom. The monoisotopic (exact) mass is 185 g/mol. The van der Waals surface area contributed by atoms with Crippen molar-refractivity contribution in [2.24, 2.45) is 17.4 Å². The highest BCUT2D eigenvalue weighted by Gasteiger charge is 2.28. The van der Waals surface area contributed by atoms with Gasteiger partial charge in [-0.15, -0.1) is 0 Å². The third-order valence-corrected chi connectivity index (χ3v) is 2.83. The maximum absolute atomic E-state index is 9.00. The Bertz CT molecular complexity index is 156. The molecule has 5 N–H and O–H groups in total. The minimum Gasteiger partial charge on any atom is -0.352 e. The first-order valence-corrected chi connectivity index (χ1v) is 4.98. The summed E-state index contributed by atoms with van der Waals surface area (Å²) in [6.45, 7) is 1.29. The van der Waals surface area contributed by atoms with Gasteiger partial charge < -0.3 is 16.8 Å². The summed E-state index contributed by atoms with van der Waals surface area (Å²) in [5.74, 6) is 1.05. The largest absolute Gasteiger partial charge is 0.352 e. The van der Waals surface area contributed by atoms with Gasteiger partial charge in [-0.05, 0) is 31.7 Å². The average molecular weight is 185 g/mol. The van der Waals surface area contributed by atoms with Crippen molar-refractivity contribution in [3.63, 3.8) is 0 Å². The van der Waals surface area contributed by atoms with Crippen LogP contribution < -0.4 is 16.8 Å². The highest BCUT2D eigenvalue weighted by atomic mass is 16.2. The van der Waals surface area contributed by atoms with Gasteiger partial charge in [-0.2, -0.15) is 0 Å². The lowest BCUT2D eigenvalue weighted by atomic mass is 9.86. The van der Waals surface area contributed by atoms with E-state index in [1.54, 1.807) is 0 Å². The van der Waals surface area contributed by atoms with E-state index in [1.807, 2.05) is 0 Å². The van der Waals surface area contributed by atoms with Crippen LogP contribution in [0.2, 0.25) is 0 Å². The first-order valence-electron chi connectivity index (χ1n) is 4.98. The van der Waals surface area contributed by atoms with E-state index in [0.717, 1.165) is 12.0 Å². The summed E-state index contributed by atoms with van der Waals surface area (Å²) in [6, 6.07) is 0.0822. The molecule has 0 bridgehead atoms. The average Bonchev–Trinajstić information content (AvgIpc) is 2.49. The van der Waals surface area contributed by atoms with E-state index in [1.165, 1.54) is 38.6 Å². The maximum atomic E-state index is 9.00. The molecule has 2 rings (SSSR count). The van der Waals surface area contributed by atoms with Crippen molar-refractivity contribution in [2.45, 2.75) is 38.1 Å². The zero-order valence-corrected chi connectivity index (χ0v) is 7.96. The molecule has 0 aromatic rings. The molecule has 76 valence electrons. The molecule has 2 aliphatic rings. The Hall–Kier alpha value is -0.770. The van der Waals surface area contributed by atoms with Crippen molar-refractivity contribution in [1.82, 2.24) is 5.32 Å². The number of fused-ring (bicyclic) bond motifs is 1. The number of urea groups is 1. The van der Waals surface area contributed by atoms with Crippen LogP contribution in [0.5, 0.6) is 0 Å². The Morgan fingerprint density at radius 2 is 1.77 bits per heavy atom. The van der Waals surface area contributed by atoms with Crippen molar-refractivity contribution >= 4 is 6.03 Å². The van der Waals surface area contributed by atoms with Crippen LogP contribution >= 0.6 is 0 Å². The summed E-state index contributed by atoms with van der Waals surface area (Å²) in [4.78, 5) is 9.00. The van der Waals surface area contributed by atoms with Gasteiger partial charge >= 0.3 is 6.03 Å². The summed E-state index contributed by atoms with van der Waals surface area (Å²) >= 11 is 0. The molecule has 0 aromatic carbocycles. The highest BCUT2D eigenvalue weighted by molar-refractivity contribution is 5.69. The number of nitrogens with two attached hydrogens (primary N) is 2. The molecular weight excluding hydrogens is 166 g/mol. The van der Waals surface area contributed by atoms with E-state index in [-0.39, 0.29) is 0 Å².